The lowest BCUT2D eigenvalue weighted by molar-refractivity contribution is 0.101. The minimum absolute atomic E-state index is 0.239. The van der Waals surface area contributed by atoms with E-state index in [1.807, 2.05) is 0 Å². The van der Waals surface area contributed by atoms with Crippen molar-refractivity contribution < 1.29 is 4.79 Å². The maximum absolute atomic E-state index is 12.4. The Morgan fingerprint density at radius 3 is 2.40 bits per heavy atom. The number of rotatable bonds is 3. The van der Waals surface area contributed by atoms with Gasteiger partial charge in [-0.25, -0.2) is 9.67 Å². The molecule has 126 valence electrons. The molecule has 0 saturated heterocycles. The molecule has 3 rings (SSSR count). The summed E-state index contributed by atoms with van der Waals surface area (Å²) in [6.07, 6.45) is 1.39. The van der Waals surface area contributed by atoms with Crippen LogP contribution in [-0.2, 0) is 0 Å². The zero-order chi connectivity index (χ0) is 18.0. The van der Waals surface area contributed by atoms with Crippen LogP contribution < -0.4 is 10.7 Å². The zero-order valence-electron chi connectivity index (χ0n) is 13.0. The number of pyridine rings is 1. The van der Waals surface area contributed by atoms with E-state index in [1.165, 1.54) is 23.0 Å². The Hall–Kier alpha value is -2.70. The molecule has 1 aromatic carbocycles. The summed E-state index contributed by atoms with van der Waals surface area (Å²) in [6, 6.07) is 11.4. The van der Waals surface area contributed by atoms with Crippen molar-refractivity contribution in [2.75, 3.05) is 5.32 Å². The summed E-state index contributed by atoms with van der Waals surface area (Å²) in [5.41, 5.74) is 0.556. The van der Waals surface area contributed by atoms with Crippen LogP contribution in [0.5, 0.6) is 0 Å². The molecule has 0 bridgehead atoms. The predicted molar refractivity (Wildman–Crippen MR) is 96.8 cm³/mol. The molecule has 3 aromatic rings. The van der Waals surface area contributed by atoms with Crippen LogP contribution >= 0.6 is 23.2 Å². The van der Waals surface area contributed by atoms with Gasteiger partial charge < -0.3 is 5.32 Å². The molecule has 25 heavy (non-hydrogen) atoms. The van der Waals surface area contributed by atoms with Gasteiger partial charge in [-0.1, -0.05) is 23.2 Å². The van der Waals surface area contributed by atoms with Crippen LogP contribution in [0.4, 0.5) is 5.82 Å². The molecule has 1 amide bonds. The Morgan fingerprint density at radius 1 is 1.08 bits per heavy atom. The second-order valence-corrected chi connectivity index (χ2v) is 6.08. The van der Waals surface area contributed by atoms with Crippen LogP contribution in [-0.4, -0.2) is 20.7 Å². The fourth-order valence-electron chi connectivity index (χ4n) is 2.17. The van der Waals surface area contributed by atoms with Gasteiger partial charge in [0.1, 0.15) is 5.82 Å². The number of amides is 1. The van der Waals surface area contributed by atoms with Crippen molar-refractivity contribution in [1.82, 2.24) is 14.8 Å². The topological polar surface area (TPSA) is 76.9 Å². The molecule has 2 heterocycles. The van der Waals surface area contributed by atoms with E-state index in [4.69, 9.17) is 23.2 Å². The molecule has 2 aromatic heterocycles. The van der Waals surface area contributed by atoms with Gasteiger partial charge in [-0.2, -0.15) is 5.10 Å². The highest BCUT2D eigenvalue weighted by molar-refractivity contribution is 6.30. The molecule has 0 spiro atoms. The highest BCUT2D eigenvalue weighted by atomic mass is 35.5. The summed E-state index contributed by atoms with van der Waals surface area (Å²) in [7, 11) is 0. The van der Waals surface area contributed by atoms with Crippen molar-refractivity contribution in [2.24, 2.45) is 0 Å². The molecule has 0 unspecified atom stereocenters. The normalized spacial score (nSPS) is 10.5. The van der Waals surface area contributed by atoms with Crippen LogP contribution in [0.25, 0.3) is 5.69 Å². The second-order valence-electron chi connectivity index (χ2n) is 5.20. The number of benzene rings is 1. The Bertz CT molecular complexity index is 983. The van der Waals surface area contributed by atoms with Crippen molar-refractivity contribution in [3.8, 4) is 5.69 Å². The van der Waals surface area contributed by atoms with Gasteiger partial charge in [-0.05, 0) is 43.3 Å². The van der Waals surface area contributed by atoms with Crippen LogP contribution in [0.2, 0.25) is 10.0 Å². The number of nitrogens with zero attached hydrogens (tertiary/aromatic N) is 3. The Labute approximate surface area is 153 Å². The van der Waals surface area contributed by atoms with E-state index in [1.54, 1.807) is 37.3 Å². The lowest BCUT2D eigenvalue weighted by atomic mass is 10.2. The highest BCUT2D eigenvalue weighted by Gasteiger charge is 2.16. The van der Waals surface area contributed by atoms with E-state index in [9.17, 15) is 9.59 Å². The number of hydrogen-bond acceptors (Lipinski definition) is 4. The Balaban J connectivity index is 1.97. The number of aryl methyl sites for hydroxylation is 1. The van der Waals surface area contributed by atoms with E-state index in [2.05, 4.69) is 15.4 Å². The summed E-state index contributed by atoms with van der Waals surface area (Å²) in [5.74, 6) is -0.378. The first-order valence-electron chi connectivity index (χ1n) is 7.24. The highest BCUT2D eigenvalue weighted by Crippen LogP contribution is 2.14. The van der Waals surface area contributed by atoms with Crippen LogP contribution in [0, 0.1) is 6.92 Å². The number of nitrogens with one attached hydrogen (secondary N) is 1. The molecular formula is C17H12Cl2N4O2. The van der Waals surface area contributed by atoms with Gasteiger partial charge in [0.25, 0.3) is 5.91 Å². The number of carbonyl (C=O) groups excluding carboxylic acids is 1. The Kier molecular flexibility index (Phi) is 4.83. The fourth-order valence-corrected chi connectivity index (χ4v) is 2.41. The first kappa shape index (κ1) is 17.1. The first-order valence-corrected chi connectivity index (χ1v) is 7.99. The number of halogens is 2. The number of hydrogen-bond donors (Lipinski definition) is 1. The average molecular weight is 375 g/mol. The third-order valence-corrected chi connectivity index (χ3v) is 3.84. The van der Waals surface area contributed by atoms with E-state index >= 15 is 0 Å². The second kappa shape index (κ2) is 7.04. The quantitative estimate of drug-likeness (QED) is 0.760. The maximum atomic E-state index is 12.4. The number of carbonyl (C=O) groups is 1. The van der Waals surface area contributed by atoms with Crippen molar-refractivity contribution in [3.05, 3.63) is 80.3 Å². The van der Waals surface area contributed by atoms with Gasteiger partial charge >= 0.3 is 0 Å². The molecule has 0 atom stereocenters. The van der Waals surface area contributed by atoms with E-state index in [-0.39, 0.29) is 11.5 Å². The summed E-state index contributed by atoms with van der Waals surface area (Å²) < 4.78 is 1.50. The molecule has 0 fully saturated rings. The third-order valence-electron chi connectivity index (χ3n) is 3.36. The molecule has 6 nitrogen and oxygen atoms in total. The van der Waals surface area contributed by atoms with Gasteiger partial charge in [0.15, 0.2) is 5.69 Å². The first-order chi connectivity index (χ1) is 11.9. The lowest BCUT2D eigenvalue weighted by Gasteiger charge is -2.11. The predicted octanol–water partition coefficient (Wildman–Crippen LogP) is 3.50. The summed E-state index contributed by atoms with van der Waals surface area (Å²) in [4.78, 5) is 28.5. The van der Waals surface area contributed by atoms with Gasteiger partial charge in [-0.15, -0.1) is 0 Å². The molecular weight excluding hydrogens is 363 g/mol. The van der Waals surface area contributed by atoms with E-state index < -0.39 is 11.3 Å². The molecule has 8 heteroatoms. The fraction of sp³-hybridized carbons (Fsp3) is 0.0588. The summed E-state index contributed by atoms with van der Waals surface area (Å²) in [6.45, 7) is 1.73. The van der Waals surface area contributed by atoms with Crippen LogP contribution in [0.1, 0.15) is 16.2 Å². The summed E-state index contributed by atoms with van der Waals surface area (Å²) >= 11 is 11.6. The SMILES string of the molecule is Cc1cc(=O)c(C(=O)Nc2ccc(Cl)cn2)nn1-c1ccc(Cl)cc1. The largest absolute Gasteiger partial charge is 0.305 e. The van der Waals surface area contributed by atoms with Gasteiger partial charge in [0.2, 0.25) is 5.43 Å². The third kappa shape index (κ3) is 3.87. The van der Waals surface area contributed by atoms with Crippen LogP contribution in [0.3, 0.4) is 0 Å². The average Bonchev–Trinajstić information content (AvgIpc) is 2.58. The van der Waals surface area contributed by atoms with E-state index in [0.717, 1.165) is 0 Å². The minimum Gasteiger partial charge on any atom is -0.305 e. The number of anilines is 1. The molecule has 0 aliphatic rings. The molecule has 1 N–H and O–H groups in total. The monoisotopic (exact) mass is 374 g/mol. The maximum Gasteiger partial charge on any atom is 0.281 e. The van der Waals surface area contributed by atoms with E-state index in [0.29, 0.717) is 21.4 Å². The van der Waals surface area contributed by atoms with Crippen molar-refractivity contribution >= 4 is 34.9 Å². The smallest absolute Gasteiger partial charge is 0.281 e. The van der Waals surface area contributed by atoms with Gasteiger partial charge in [-0.3, -0.25) is 9.59 Å². The molecule has 0 aliphatic heterocycles. The van der Waals surface area contributed by atoms with Gasteiger partial charge in [0.05, 0.1) is 10.7 Å². The van der Waals surface area contributed by atoms with Crippen LogP contribution in [0.15, 0.2) is 53.5 Å². The van der Waals surface area contributed by atoms with Gasteiger partial charge in [0, 0.05) is 23.0 Å². The van der Waals surface area contributed by atoms with Crippen molar-refractivity contribution in [1.29, 1.82) is 0 Å². The zero-order valence-corrected chi connectivity index (χ0v) is 14.5. The minimum atomic E-state index is -0.650. The number of aromatic nitrogens is 3. The molecule has 0 aliphatic carbocycles. The molecule has 0 radical (unpaired) electrons. The summed E-state index contributed by atoms with van der Waals surface area (Å²) in [5, 5.41) is 7.73. The molecule has 0 saturated carbocycles. The lowest BCUT2D eigenvalue weighted by Crippen LogP contribution is -2.27. The van der Waals surface area contributed by atoms with Crippen molar-refractivity contribution in [3.63, 3.8) is 0 Å². The van der Waals surface area contributed by atoms with Crippen molar-refractivity contribution in [2.45, 2.75) is 6.92 Å². The Morgan fingerprint density at radius 2 is 1.76 bits per heavy atom. The standard InChI is InChI=1S/C17H12Cl2N4O2/c1-10-8-14(24)16(17(25)21-15-7-4-12(19)9-20-15)22-23(10)13-5-2-11(18)3-6-13/h2-9H,1H3,(H,20,21,25).